The maximum Gasteiger partial charge on any atom is 0.252 e. The zero-order valence-corrected chi connectivity index (χ0v) is 26.0. The van der Waals surface area contributed by atoms with Crippen LogP contribution in [0.3, 0.4) is 0 Å². The van der Waals surface area contributed by atoms with Crippen LogP contribution in [0, 0.1) is 11.3 Å². The molecular formula is C33H47N7O4. The fourth-order valence-corrected chi connectivity index (χ4v) is 6.04. The van der Waals surface area contributed by atoms with Crippen LogP contribution in [-0.2, 0) is 27.2 Å². The van der Waals surface area contributed by atoms with Crippen molar-refractivity contribution >= 4 is 17.7 Å². The summed E-state index contributed by atoms with van der Waals surface area (Å²) in [4.78, 5) is 57.7. The first-order chi connectivity index (χ1) is 21.0. The number of hydrogen-bond donors (Lipinski definition) is 5. The number of imide groups is 1. The minimum absolute atomic E-state index is 0.0961. The highest BCUT2D eigenvalue weighted by atomic mass is 16.3. The average molecular weight is 606 g/mol. The van der Waals surface area contributed by atoms with Crippen molar-refractivity contribution in [3.8, 4) is 0 Å². The Morgan fingerprint density at radius 3 is 2.41 bits per heavy atom. The zero-order chi connectivity index (χ0) is 31.7. The minimum Gasteiger partial charge on any atom is -0.383 e. The number of rotatable bonds is 13. The van der Waals surface area contributed by atoms with Gasteiger partial charge in [0, 0.05) is 37.9 Å². The van der Waals surface area contributed by atoms with Crippen LogP contribution in [0.25, 0.3) is 0 Å². The van der Waals surface area contributed by atoms with Gasteiger partial charge in [-0.25, -0.2) is 9.97 Å². The molecule has 3 aromatic rings. The lowest BCUT2D eigenvalue weighted by Crippen LogP contribution is -2.60. The fourth-order valence-electron chi connectivity index (χ4n) is 6.04. The van der Waals surface area contributed by atoms with E-state index in [2.05, 4.69) is 25.3 Å². The molecular weight excluding hydrogens is 558 g/mol. The van der Waals surface area contributed by atoms with E-state index in [1.54, 1.807) is 12.4 Å². The number of nitrogens with one attached hydrogen (secondary N) is 3. The van der Waals surface area contributed by atoms with E-state index in [9.17, 15) is 19.5 Å². The summed E-state index contributed by atoms with van der Waals surface area (Å²) in [6.07, 6.45) is 11.0. The number of nitrogens with zero attached hydrogens (tertiary/aromatic N) is 3. The number of amides is 3. The molecule has 1 aliphatic carbocycles. The third-order valence-electron chi connectivity index (χ3n) is 8.18. The normalized spacial score (nSPS) is 16.9. The second-order valence-electron chi connectivity index (χ2n) is 13.2. The van der Waals surface area contributed by atoms with Crippen LogP contribution in [0.15, 0.2) is 55.2 Å². The Morgan fingerprint density at radius 1 is 1.07 bits per heavy atom. The second kappa shape index (κ2) is 15.3. The highest BCUT2D eigenvalue weighted by molar-refractivity contribution is 6.01. The third kappa shape index (κ3) is 9.33. The van der Waals surface area contributed by atoms with Gasteiger partial charge >= 0.3 is 0 Å². The molecule has 3 amide bonds. The lowest BCUT2D eigenvalue weighted by molar-refractivity contribution is -0.155. The Bertz CT molecular complexity index is 1320. The molecule has 4 atom stereocenters. The molecule has 0 saturated heterocycles. The van der Waals surface area contributed by atoms with E-state index in [4.69, 9.17) is 5.73 Å². The van der Waals surface area contributed by atoms with E-state index in [1.807, 2.05) is 51.1 Å². The number of nitrogens with two attached hydrogens (primary N) is 1. The number of aromatic nitrogens is 4. The van der Waals surface area contributed by atoms with E-state index >= 15 is 0 Å². The summed E-state index contributed by atoms with van der Waals surface area (Å²) in [5, 5.41) is 14.7. The van der Waals surface area contributed by atoms with Gasteiger partial charge in [-0.1, -0.05) is 83.2 Å². The standard InChI is InChI=1S/C33H47N7O4/c1-33(2,3)19-28(41)39-26(16-22-10-6-4-7-11-22)32(44)40(31(43)25(34)18-24-20-35-21-38-24)27(17-23-12-8-5-9-13-23)29(42)30-36-14-15-37-30/h4,6-7,10-11,14-15,20-21,23,25-27,29,42H,5,8-9,12-13,16-19,34H2,1-3H3,(H,35,38)(H,36,37)(H,39,41)/t25-,26-,27-,29+/m0/s1. The van der Waals surface area contributed by atoms with Crippen LogP contribution >= 0.6 is 0 Å². The average Bonchev–Trinajstić information content (AvgIpc) is 3.71. The van der Waals surface area contributed by atoms with Crippen LogP contribution in [0.5, 0.6) is 0 Å². The molecule has 4 rings (SSSR count). The summed E-state index contributed by atoms with van der Waals surface area (Å²) in [7, 11) is 0. The molecule has 11 heteroatoms. The molecule has 1 aromatic carbocycles. The van der Waals surface area contributed by atoms with Crippen molar-refractivity contribution in [3.63, 3.8) is 0 Å². The SMILES string of the molecule is CC(C)(C)CC(=O)N[C@@H](Cc1ccccc1)C(=O)N(C(=O)[C@@H](N)Cc1c[nH]cn1)[C@@H](CC1CCCCC1)[C@@H](O)c1ncc[nH]1. The van der Waals surface area contributed by atoms with Gasteiger partial charge in [0.05, 0.1) is 24.1 Å². The van der Waals surface area contributed by atoms with Crippen molar-refractivity contribution < 1.29 is 19.5 Å². The fraction of sp³-hybridized carbons (Fsp3) is 0.545. The summed E-state index contributed by atoms with van der Waals surface area (Å²) in [5.74, 6) is -1.08. The summed E-state index contributed by atoms with van der Waals surface area (Å²) in [6, 6.07) is 6.24. The smallest absolute Gasteiger partial charge is 0.252 e. The van der Waals surface area contributed by atoms with Gasteiger partial charge < -0.3 is 26.1 Å². The summed E-state index contributed by atoms with van der Waals surface area (Å²) in [5.41, 5.74) is 7.57. The summed E-state index contributed by atoms with van der Waals surface area (Å²) < 4.78 is 0. The van der Waals surface area contributed by atoms with Crippen molar-refractivity contribution in [3.05, 3.63) is 72.3 Å². The number of hydrogen-bond acceptors (Lipinski definition) is 7. The lowest BCUT2D eigenvalue weighted by atomic mass is 9.82. The number of imidazole rings is 2. The van der Waals surface area contributed by atoms with Crippen molar-refractivity contribution in [1.82, 2.24) is 30.2 Å². The van der Waals surface area contributed by atoms with E-state index in [0.717, 1.165) is 42.6 Å². The molecule has 2 heterocycles. The van der Waals surface area contributed by atoms with Gasteiger partial charge in [-0.3, -0.25) is 19.3 Å². The molecule has 1 saturated carbocycles. The van der Waals surface area contributed by atoms with Gasteiger partial charge in [0.25, 0.3) is 5.91 Å². The van der Waals surface area contributed by atoms with Crippen LogP contribution < -0.4 is 11.1 Å². The number of aliphatic hydroxyl groups excluding tert-OH is 1. The Labute approximate surface area is 259 Å². The van der Waals surface area contributed by atoms with Gasteiger partial charge in [-0.15, -0.1) is 0 Å². The summed E-state index contributed by atoms with van der Waals surface area (Å²) >= 11 is 0. The molecule has 2 aromatic heterocycles. The van der Waals surface area contributed by atoms with Crippen LogP contribution in [0.4, 0.5) is 0 Å². The van der Waals surface area contributed by atoms with E-state index in [0.29, 0.717) is 12.1 Å². The molecule has 1 fully saturated rings. The maximum atomic E-state index is 14.7. The van der Waals surface area contributed by atoms with Crippen LogP contribution in [0.1, 0.15) is 88.9 Å². The van der Waals surface area contributed by atoms with Crippen LogP contribution in [-0.4, -0.2) is 65.8 Å². The van der Waals surface area contributed by atoms with Crippen LogP contribution in [0.2, 0.25) is 0 Å². The minimum atomic E-state index is -1.28. The van der Waals surface area contributed by atoms with Gasteiger partial charge in [0.15, 0.2) is 0 Å². The van der Waals surface area contributed by atoms with Gasteiger partial charge in [0.1, 0.15) is 18.0 Å². The number of carbonyl (C=O) groups excluding carboxylic acids is 3. The number of H-pyrrole nitrogens is 2. The molecule has 0 aliphatic heterocycles. The number of carbonyl (C=O) groups is 3. The molecule has 0 radical (unpaired) electrons. The van der Waals surface area contributed by atoms with Gasteiger partial charge in [0.2, 0.25) is 11.8 Å². The lowest BCUT2D eigenvalue weighted by Gasteiger charge is -2.39. The van der Waals surface area contributed by atoms with Crippen molar-refractivity contribution in [2.24, 2.45) is 17.1 Å². The Hall–Kier alpha value is -3.83. The second-order valence-corrected chi connectivity index (χ2v) is 13.2. The Morgan fingerprint density at radius 2 is 1.80 bits per heavy atom. The summed E-state index contributed by atoms with van der Waals surface area (Å²) in [6.45, 7) is 5.85. The topological polar surface area (TPSA) is 170 Å². The van der Waals surface area contributed by atoms with E-state index in [-0.39, 0.29) is 42.3 Å². The molecule has 11 nitrogen and oxygen atoms in total. The molecule has 238 valence electrons. The van der Waals surface area contributed by atoms with E-state index in [1.165, 1.54) is 12.5 Å². The maximum absolute atomic E-state index is 14.7. The monoisotopic (exact) mass is 605 g/mol. The van der Waals surface area contributed by atoms with Gasteiger partial charge in [-0.05, 0) is 23.3 Å². The molecule has 1 aliphatic rings. The van der Waals surface area contributed by atoms with E-state index < -0.39 is 36.0 Å². The van der Waals surface area contributed by atoms with Crippen molar-refractivity contribution in [2.45, 2.75) is 103 Å². The molecule has 0 bridgehead atoms. The van der Waals surface area contributed by atoms with Crippen molar-refractivity contribution in [1.29, 1.82) is 0 Å². The Kier molecular flexibility index (Phi) is 11.5. The first kappa shape index (κ1) is 33.1. The predicted molar refractivity (Wildman–Crippen MR) is 167 cm³/mol. The number of aliphatic hydroxyl groups is 1. The van der Waals surface area contributed by atoms with Crippen molar-refractivity contribution in [2.75, 3.05) is 0 Å². The molecule has 6 N–H and O–H groups in total. The zero-order valence-electron chi connectivity index (χ0n) is 26.0. The largest absolute Gasteiger partial charge is 0.383 e. The molecule has 0 unspecified atom stereocenters. The first-order valence-electron chi connectivity index (χ1n) is 15.6. The first-order valence-corrected chi connectivity index (χ1v) is 15.6. The predicted octanol–water partition coefficient (Wildman–Crippen LogP) is 3.59. The molecule has 44 heavy (non-hydrogen) atoms. The quantitative estimate of drug-likeness (QED) is 0.198. The highest BCUT2D eigenvalue weighted by Gasteiger charge is 2.42. The number of benzene rings is 1. The highest BCUT2D eigenvalue weighted by Crippen LogP contribution is 2.33. The molecule has 0 spiro atoms. The third-order valence-corrected chi connectivity index (χ3v) is 8.18. The number of aromatic amines is 2. The van der Waals surface area contributed by atoms with Gasteiger partial charge in [-0.2, -0.15) is 0 Å². The Balaban J connectivity index is 1.74.